The Hall–Kier alpha value is -0.890. The Morgan fingerprint density at radius 3 is 2.75 bits per heavy atom. The van der Waals surface area contributed by atoms with Gasteiger partial charge in [-0.2, -0.15) is 0 Å². The average Bonchev–Trinajstić information content (AvgIpc) is 3.02. The molecule has 0 saturated carbocycles. The van der Waals surface area contributed by atoms with Gasteiger partial charge in [0, 0.05) is 27.5 Å². The Morgan fingerprint density at radius 1 is 1.38 bits per heavy atom. The van der Waals surface area contributed by atoms with Crippen molar-refractivity contribution in [2.75, 3.05) is 12.3 Å². The van der Waals surface area contributed by atoms with E-state index in [0.29, 0.717) is 15.1 Å². The second-order valence-corrected chi connectivity index (χ2v) is 10.2. The molecule has 4 nitrogen and oxygen atoms in total. The van der Waals surface area contributed by atoms with E-state index in [1.807, 2.05) is 17.5 Å². The molecule has 2 heterocycles. The van der Waals surface area contributed by atoms with Crippen molar-refractivity contribution in [2.24, 2.45) is 0 Å². The van der Waals surface area contributed by atoms with E-state index in [1.165, 1.54) is 11.3 Å². The maximum Gasteiger partial charge on any atom is 0.254 e. The van der Waals surface area contributed by atoms with Crippen molar-refractivity contribution in [3.63, 3.8) is 0 Å². The first-order chi connectivity index (χ1) is 11.3. The number of halogens is 2. The average molecular weight is 449 g/mol. The smallest absolute Gasteiger partial charge is 0.254 e. The van der Waals surface area contributed by atoms with Crippen LogP contribution in [0.15, 0.2) is 40.2 Å². The Kier molecular flexibility index (Phi) is 5.06. The van der Waals surface area contributed by atoms with Crippen LogP contribution in [-0.4, -0.2) is 37.6 Å². The monoisotopic (exact) mass is 447 g/mol. The van der Waals surface area contributed by atoms with Gasteiger partial charge in [0.25, 0.3) is 5.91 Å². The van der Waals surface area contributed by atoms with E-state index < -0.39 is 15.1 Å². The van der Waals surface area contributed by atoms with Crippen LogP contribution >= 0.6 is 38.9 Å². The molecule has 0 aliphatic carbocycles. The van der Waals surface area contributed by atoms with Gasteiger partial charge in [0.2, 0.25) is 0 Å². The molecule has 1 fully saturated rings. The van der Waals surface area contributed by atoms with Gasteiger partial charge in [-0.25, -0.2) is 8.42 Å². The predicted molar refractivity (Wildman–Crippen MR) is 100 cm³/mol. The summed E-state index contributed by atoms with van der Waals surface area (Å²) in [7, 11) is -3.28. The molecule has 0 unspecified atom stereocenters. The minimum Gasteiger partial charge on any atom is -0.333 e. The molecular weight excluding hydrogens is 434 g/mol. The second-order valence-electron chi connectivity index (χ2n) is 5.77. The molecule has 1 amide bonds. The van der Waals surface area contributed by atoms with Crippen molar-refractivity contribution in [3.8, 4) is 0 Å². The number of benzene rings is 1. The van der Waals surface area contributed by atoms with Crippen molar-refractivity contribution >= 4 is 54.6 Å². The van der Waals surface area contributed by atoms with Crippen LogP contribution in [0.25, 0.3) is 0 Å². The van der Waals surface area contributed by atoms with E-state index in [1.54, 1.807) is 30.0 Å². The molecule has 24 heavy (non-hydrogen) atoms. The first-order valence-corrected chi connectivity index (χ1v) is 11.1. The molecule has 1 aromatic carbocycles. The lowest BCUT2D eigenvalue weighted by atomic mass is 10.1. The van der Waals surface area contributed by atoms with Crippen molar-refractivity contribution in [1.29, 1.82) is 0 Å². The number of carbonyl (C=O) groups is 1. The third kappa shape index (κ3) is 3.40. The van der Waals surface area contributed by atoms with E-state index in [-0.39, 0.29) is 24.2 Å². The highest BCUT2D eigenvalue weighted by atomic mass is 79.9. The van der Waals surface area contributed by atoms with Crippen LogP contribution in [0.2, 0.25) is 5.02 Å². The van der Waals surface area contributed by atoms with Gasteiger partial charge in [-0.05, 0) is 52.5 Å². The molecule has 1 aliphatic heterocycles. The number of hydrogen-bond donors (Lipinski definition) is 0. The highest BCUT2D eigenvalue weighted by Gasteiger charge is 2.40. The summed E-state index contributed by atoms with van der Waals surface area (Å²) >= 11 is 10.8. The lowest BCUT2D eigenvalue weighted by Gasteiger charge is -2.37. The van der Waals surface area contributed by atoms with E-state index in [4.69, 9.17) is 11.6 Å². The van der Waals surface area contributed by atoms with Crippen LogP contribution < -0.4 is 0 Å². The summed E-state index contributed by atoms with van der Waals surface area (Å²) in [6.07, 6.45) is 0. The molecule has 0 N–H and O–H groups in total. The Balaban J connectivity index is 1.92. The van der Waals surface area contributed by atoms with Crippen LogP contribution in [-0.2, 0) is 9.84 Å². The zero-order chi connectivity index (χ0) is 17.5. The Bertz CT molecular complexity index is 867. The summed E-state index contributed by atoms with van der Waals surface area (Å²) in [5.41, 5.74) is 0.458. The quantitative estimate of drug-likeness (QED) is 0.693. The second kappa shape index (κ2) is 6.78. The topological polar surface area (TPSA) is 54.5 Å². The molecule has 2 aromatic rings. The molecule has 2 atom stereocenters. The van der Waals surface area contributed by atoms with Crippen LogP contribution in [0.5, 0.6) is 0 Å². The van der Waals surface area contributed by atoms with Gasteiger partial charge in [0.05, 0.1) is 10.8 Å². The predicted octanol–water partition coefficient (Wildman–Crippen LogP) is 4.16. The molecule has 8 heteroatoms. The van der Waals surface area contributed by atoms with E-state index >= 15 is 0 Å². The molecule has 1 saturated heterocycles. The van der Waals surface area contributed by atoms with Gasteiger partial charge in [-0.3, -0.25) is 4.79 Å². The molecule has 1 aromatic heterocycles. The number of carbonyl (C=O) groups excluding carboxylic acids is 1. The standard InChI is InChI=1S/C16H15BrClNO3S2/c1-10-9-24(21,22)15(14-3-2-6-23-14)8-19(10)16(20)11-4-5-12(17)13(18)7-11/h2-7,10,15H,8-9H2,1H3/t10-,15+/m1/s1. The number of thiophene rings is 1. The third-order valence-electron chi connectivity index (χ3n) is 4.09. The van der Waals surface area contributed by atoms with Crippen molar-refractivity contribution < 1.29 is 13.2 Å². The Labute approximate surface area is 158 Å². The number of hydrogen-bond acceptors (Lipinski definition) is 4. The van der Waals surface area contributed by atoms with Crippen molar-refractivity contribution in [3.05, 3.63) is 55.6 Å². The molecule has 0 radical (unpaired) electrons. The normalized spacial score (nSPS) is 23.2. The lowest BCUT2D eigenvalue weighted by Crippen LogP contribution is -2.50. The lowest BCUT2D eigenvalue weighted by molar-refractivity contribution is 0.0697. The summed E-state index contributed by atoms with van der Waals surface area (Å²) in [4.78, 5) is 15.3. The van der Waals surface area contributed by atoms with Gasteiger partial charge in [-0.15, -0.1) is 11.3 Å². The van der Waals surface area contributed by atoms with Gasteiger partial charge in [0.1, 0.15) is 5.25 Å². The fourth-order valence-electron chi connectivity index (χ4n) is 2.83. The number of sulfone groups is 1. The van der Waals surface area contributed by atoms with E-state index in [2.05, 4.69) is 15.9 Å². The van der Waals surface area contributed by atoms with Crippen LogP contribution in [0, 0.1) is 0 Å². The maximum absolute atomic E-state index is 12.9. The largest absolute Gasteiger partial charge is 0.333 e. The van der Waals surface area contributed by atoms with E-state index in [0.717, 1.165) is 4.88 Å². The summed E-state index contributed by atoms with van der Waals surface area (Å²) in [6, 6.07) is 8.27. The fraction of sp³-hybridized carbons (Fsp3) is 0.312. The van der Waals surface area contributed by atoms with Crippen LogP contribution in [0.3, 0.4) is 0 Å². The molecule has 0 spiro atoms. The zero-order valence-electron chi connectivity index (χ0n) is 12.8. The highest BCUT2D eigenvalue weighted by Crippen LogP contribution is 2.34. The van der Waals surface area contributed by atoms with Gasteiger partial charge in [-0.1, -0.05) is 17.7 Å². The van der Waals surface area contributed by atoms with Crippen molar-refractivity contribution in [2.45, 2.75) is 18.2 Å². The first-order valence-electron chi connectivity index (χ1n) is 7.30. The zero-order valence-corrected chi connectivity index (χ0v) is 16.8. The fourth-order valence-corrected chi connectivity index (χ4v) is 6.47. The minimum absolute atomic E-state index is 0.0361. The van der Waals surface area contributed by atoms with Crippen molar-refractivity contribution in [1.82, 2.24) is 4.90 Å². The molecule has 0 bridgehead atoms. The van der Waals surface area contributed by atoms with Crippen LogP contribution in [0.1, 0.15) is 27.4 Å². The SMILES string of the molecule is C[C@@H]1CS(=O)(=O)[C@H](c2cccs2)CN1C(=O)c1ccc(Br)c(Cl)c1. The molecule has 3 rings (SSSR count). The number of rotatable bonds is 2. The minimum atomic E-state index is -3.28. The summed E-state index contributed by atoms with van der Waals surface area (Å²) in [5, 5.41) is 1.64. The van der Waals surface area contributed by atoms with Crippen LogP contribution in [0.4, 0.5) is 0 Å². The number of amides is 1. The van der Waals surface area contributed by atoms with Gasteiger partial charge < -0.3 is 4.90 Å². The summed E-state index contributed by atoms with van der Waals surface area (Å²) in [6.45, 7) is 1.93. The summed E-state index contributed by atoms with van der Waals surface area (Å²) < 4.78 is 25.8. The highest BCUT2D eigenvalue weighted by molar-refractivity contribution is 9.10. The molecule has 128 valence electrons. The van der Waals surface area contributed by atoms with Gasteiger partial charge in [0.15, 0.2) is 9.84 Å². The Morgan fingerprint density at radius 2 is 2.12 bits per heavy atom. The maximum atomic E-state index is 12.9. The van der Waals surface area contributed by atoms with Gasteiger partial charge >= 0.3 is 0 Å². The number of nitrogens with zero attached hydrogens (tertiary/aromatic N) is 1. The van der Waals surface area contributed by atoms with E-state index in [9.17, 15) is 13.2 Å². The molecule has 1 aliphatic rings. The molecular formula is C16H15BrClNO3S2. The third-order valence-corrected chi connectivity index (χ3v) is 8.67. The first kappa shape index (κ1) is 17.9. The summed E-state index contributed by atoms with van der Waals surface area (Å²) in [5.74, 6) is -0.237.